The number of hydrogen-bond acceptors (Lipinski definition) is 6. The van der Waals surface area contributed by atoms with E-state index >= 15 is 0 Å². The lowest BCUT2D eigenvalue weighted by molar-refractivity contribution is -0.186. The first-order chi connectivity index (χ1) is 17.4. The van der Waals surface area contributed by atoms with Gasteiger partial charge in [-0.25, -0.2) is 9.37 Å². The number of fused-ring (bicyclic) bond motifs is 1. The number of aromatic nitrogens is 2. The smallest absolute Gasteiger partial charge is 0.408 e. The zero-order chi connectivity index (χ0) is 27.0. The van der Waals surface area contributed by atoms with E-state index in [0.717, 1.165) is 18.2 Å². The molecule has 0 saturated heterocycles. The highest BCUT2D eigenvalue weighted by molar-refractivity contribution is 5.93. The molecule has 4 rings (SSSR count). The molecule has 0 fully saturated rings. The highest BCUT2D eigenvalue weighted by atomic mass is 19.4. The first-order valence-electron chi connectivity index (χ1n) is 10.9. The van der Waals surface area contributed by atoms with E-state index in [2.05, 4.69) is 15.3 Å². The van der Waals surface area contributed by atoms with E-state index in [1.54, 1.807) is 0 Å². The molecule has 1 aliphatic heterocycles. The number of nitrogens with zero attached hydrogens (tertiary/aromatic N) is 2. The number of carbonyl (C=O) groups is 3. The predicted molar refractivity (Wildman–Crippen MR) is 122 cm³/mol. The summed E-state index contributed by atoms with van der Waals surface area (Å²) < 4.78 is 63.0. The van der Waals surface area contributed by atoms with Gasteiger partial charge in [-0.05, 0) is 49.4 Å². The van der Waals surface area contributed by atoms with Crippen LogP contribution in [-0.4, -0.2) is 47.4 Å². The second-order valence-electron chi connectivity index (χ2n) is 8.71. The van der Waals surface area contributed by atoms with Crippen molar-refractivity contribution in [2.24, 2.45) is 5.73 Å². The fraction of sp³-hybridized carbons (Fsp3) is 0.240. The highest BCUT2D eigenvalue weighted by Gasteiger charge is 2.59. The molecule has 1 aromatic carbocycles. The summed E-state index contributed by atoms with van der Waals surface area (Å²) in [5.41, 5.74) is -0.259. The number of nitrogens with one attached hydrogen (secondary N) is 1. The fourth-order valence-electron chi connectivity index (χ4n) is 3.93. The average molecular weight is 516 g/mol. The van der Waals surface area contributed by atoms with Crippen LogP contribution in [0.25, 0.3) is 11.3 Å². The standard InChI is InChI=1S/C25H20F4N4O4/c1-23(22(30)36)13-37-20-16(23)10-18(33-19(20)14-5-7-15(26)8-6-14)24(12-34,25(27,28)29)11-32-21(35)17-4-2-3-9-31-17/h2-10,12H,11,13H2,1H3,(H2,30,36)(H,32,35)/t23-,24?/m0/s1. The molecule has 8 nitrogen and oxygen atoms in total. The summed E-state index contributed by atoms with van der Waals surface area (Å²) in [6, 6.07) is 9.90. The summed E-state index contributed by atoms with van der Waals surface area (Å²) in [7, 11) is 0. The molecule has 37 heavy (non-hydrogen) atoms. The van der Waals surface area contributed by atoms with E-state index in [1.165, 1.54) is 43.5 Å². The first-order valence-corrected chi connectivity index (χ1v) is 10.9. The van der Waals surface area contributed by atoms with Gasteiger partial charge in [0.2, 0.25) is 5.91 Å². The van der Waals surface area contributed by atoms with E-state index < -0.39 is 46.9 Å². The second-order valence-corrected chi connectivity index (χ2v) is 8.71. The van der Waals surface area contributed by atoms with Crippen LogP contribution in [0.5, 0.6) is 5.75 Å². The molecule has 1 unspecified atom stereocenters. The number of ether oxygens (including phenoxy) is 1. The summed E-state index contributed by atoms with van der Waals surface area (Å²) in [4.78, 5) is 44.9. The van der Waals surface area contributed by atoms with Gasteiger partial charge in [0.05, 0.1) is 5.69 Å². The Hall–Kier alpha value is -4.35. The average Bonchev–Trinajstić information content (AvgIpc) is 3.22. The molecule has 0 spiro atoms. The largest absolute Gasteiger partial charge is 0.489 e. The normalized spacial score (nSPS) is 18.3. The van der Waals surface area contributed by atoms with Crippen LogP contribution in [0.15, 0.2) is 54.7 Å². The number of primary amides is 1. The second kappa shape index (κ2) is 9.26. The predicted octanol–water partition coefficient (Wildman–Crippen LogP) is 2.85. The molecule has 2 amide bonds. The lowest BCUT2D eigenvalue weighted by atomic mass is 9.78. The molecule has 0 saturated carbocycles. The molecule has 0 radical (unpaired) electrons. The number of alkyl halides is 3. The number of carbonyl (C=O) groups excluding carboxylic acids is 3. The SMILES string of the molecule is C[C@]1(C(N)=O)COc2c1cc(C(C=O)(CNC(=O)c1ccccn1)C(F)(F)F)nc2-c1ccc(F)cc1. The van der Waals surface area contributed by atoms with Crippen molar-refractivity contribution in [1.82, 2.24) is 15.3 Å². The molecule has 12 heteroatoms. The van der Waals surface area contributed by atoms with Gasteiger partial charge in [0.15, 0.2) is 5.41 Å². The van der Waals surface area contributed by atoms with Gasteiger partial charge in [0, 0.05) is 23.9 Å². The molecule has 192 valence electrons. The molecule has 2 aromatic heterocycles. The van der Waals surface area contributed by atoms with Crippen molar-refractivity contribution in [3.8, 4) is 17.0 Å². The molecular weight excluding hydrogens is 496 g/mol. The van der Waals surface area contributed by atoms with Crippen LogP contribution >= 0.6 is 0 Å². The molecule has 2 atom stereocenters. The Morgan fingerprint density at radius 1 is 1.19 bits per heavy atom. The van der Waals surface area contributed by atoms with E-state index in [-0.39, 0.29) is 41.2 Å². The molecule has 3 heterocycles. The topological polar surface area (TPSA) is 124 Å². The molecule has 0 bridgehead atoms. The maximum atomic E-state index is 14.6. The third-order valence-corrected chi connectivity index (χ3v) is 6.32. The monoisotopic (exact) mass is 516 g/mol. The van der Waals surface area contributed by atoms with Crippen molar-refractivity contribution in [3.05, 3.63) is 77.5 Å². The van der Waals surface area contributed by atoms with Gasteiger partial charge in [0.1, 0.15) is 41.3 Å². The maximum Gasteiger partial charge on any atom is 0.408 e. The van der Waals surface area contributed by atoms with Gasteiger partial charge in [-0.15, -0.1) is 0 Å². The van der Waals surface area contributed by atoms with Crippen LogP contribution in [0.1, 0.15) is 28.7 Å². The summed E-state index contributed by atoms with van der Waals surface area (Å²) in [6.45, 7) is -0.107. The van der Waals surface area contributed by atoms with E-state index in [9.17, 15) is 31.9 Å². The highest BCUT2D eigenvalue weighted by Crippen LogP contribution is 2.48. The van der Waals surface area contributed by atoms with Gasteiger partial charge in [-0.1, -0.05) is 6.07 Å². The number of benzene rings is 1. The quantitative estimate of drug-likeness (QED) is 0.368. The van der Waals surface area contributed by atoms with E-state index in [0.29, 0.717) is 0 Å². The third kappa shape index (κ3) is 4.39. The van der Waals surface area contributed by atoms with Crippen molar-refractivity contribution in [2.75, 3.05) is 13.2 Å². The summed E-state index contributed by atoms with van der Waals surface area (Å²) in [6.07, 6.45) is -4.30. The van der Waals surface area contributed by atoms with Crippen molar-refractivity contribution in [2.45, 2.75) is 23.9 Å². The minimum atomic E-state index is -5.23. The van der Waals surface area contributed by atoms with Crippen LogP contribution in [0, 0.1) is 5.82 Å². The molecular formula is C25H20F4N4O4. The number of aldehydes is 1. The Bertz CT molecular complexity index is 1370. The Balaban J connectivity index is 1.91. The Morgan fingerprint density at radius 2 is 1.89 bits per heavy atom. The first kappa shape index (κ1) is 25.7. The summed E-state index contributed by atoms with van der Waals surface area (Å²) in [5, 5.41) is 2.11. The molecule has 3 aromatic rings. The van der Waals surface area contributed by atoms with Crippen LogP contribution < -0.4 is 15.8 Å². The molecule has 3 N–H and O–H groups in total. The van der Waals surface area contributed by atoms with E-state index in [4.69, 9.17) is 10.5 Å². The van der Waals surface area contributed by atoms with Gasteiger partial charge >= 0.3 is 6.18 Å². The number of amides is 2. The maximum absolute atomic E-state index is 14.6. The zero-order valence-corrected chi connectivity index (χ0v) is 19.3. The van der Waals surface area contributed by atoms with Crippen LogP contribution in [0.3, 0.4) is 0 Å². The number of rotatable bonds is 7. The number of pyridine rings is 2. The lowest BCUT2D eigenvalue weighted by Gasteiger charge is -2.31. The number of halogens is 4. The Kier molecular flexibility index (Phi) is 6.44. The lowest BCUT2D eigenvalue weighted by Crippen LogP contribution is -2.53. The third-order valence-electron chi connectivity index (χ3n) is 6.32. The van der Waals surface area contributed by atoms with E-state index in [1.807, 2.05) is 0 Å². The Morgan fingerprint density at radius 3 is 2.46 bits per heavy atom. The van der Waals surface area contributed by atoms with Gasteiger partial charge in [-0.2, -0.15) is 13.2 Å². The molecule has 1 aliphatic rings. The minimum Gasteiger partial charge on any atom is -0.489 e. The summed E-state index contributed by atoms with van der Waals surface area (Å²) in [5.74, 6) is -2.44. The zero-order valence-electron chi connectivity index (χ0n) is 19.3. The van der Waals surface area contributed by atoms with Gasteiger partial charge in [0.25, 0.3) is 5.91 Å². The van der Waals surface area contributed by atoms with Crippen LogP contribution in [0.4, 0.5) is 17.6 Å². The minimum absolute atomic E-state index is 0.0175. The fourth-order valence-corrected chi connectivity index (χ4v) is 3.93. The number of hydrogen-bond donors (Lipinski definition) is 2. The van der Waals surface area contributed by atoms with Crippen LogP contribution in [-0.2, 0) is 20.4 Å². The number of nitrogens with two attached hydrogens (primary N) is 1. The van der Waals surface area contributed by atoms with Gasteiger partial charge < -0.3 is 20.6 Å². The van der Waals surface area contributed by atoms with Crippen molar-refractivity contribution < 1.29 is 36.7 Å². The Labute approximate surface area is 207 Å². The van der Waals surface area contributed by atoms with Crippen molar-refractivity contribution >= 4 is 18.1 Å². The molecule has 0 aliphatic carbocycles. The van der Waals surface area contributed by atoms with Crippen molar-refractivity contribution in [3.63, 3.8) is 0 Å². The summed E-state index contributed by atoms with van der Waals surface area (Å²) >= 11 is 0. The van der Waals surface area contributed by atoms with Crippen molar-refractivity contribution in [1.29, 1.82) is 0 Å². The van der Waals surface area contributed by atoms with Crippen LogP contribution in [0.2, 0.25) is 0 Å². The van der Waals surface area contributed by atoms with Gasteiger partial charge in [-0.3, -0.25) is 14.6 Å².